The van der Waals surface area contributed by atoms with Crippen LogP contribution in [-0.2, 0) is 11.2 Å². The lowest BCUT2D eigenvalue weighted by Gasteiger charge is -2.13. The molecule has 0 spiro atoms. The van der Waals surface area contributed by atoms with Crippen LogP contribution in [0, 0.1) is 11.6 Å². The Morgan fingerprint density at radius 2 is 1.81 bits per heavy atom. The number of halogens is 3. The molecule has 160 valence electrons. The molecule has 0 atom stereocenters. The topological polar surface area (TPSA) is 67.4 Å². The zero-order valence-electron chi connectivity index (χ0n) is 16.5. The van der Waals surface area contributed by atoms with Crippen molar-refractivity contribution in [3.8, 4) is 5.75 Å². The van der Waals surface area contributed by atoms with Crippen molar-refractivity contribution in [3.63, 3.8) is 0 Å². The van der Waals surface area contributed by atoms with Crippen molar-refractivity contribution in [1.29, 1.82) is 0 Å². The van der Waals surface area contributed by atoms with E-state index in [1.807, 2.05) is 0 Å². The van der Waals surface area contributed by atoms with E-state index in [0.29, 0.717) is 23.4 Å². The van der Waals surface area contributed by atoms with Crippen molar-refractivity contribution >= 4 is 34.8 Å². The summed E-state index contributed by atoms with van der Waals surface area (Å²) in [5.74, 6) is -1.76. The van der Waals surface area contributed by atoms with Crippen molar-refractivity contribution < 1.29 is 23.1 Å². The van der Waals surface area contributed by atoms with Gasteiger partial charge >= 0.3 is 0 Å². The third-order valence-electron chi connectivity index (χ3n) is 4.44. The molecule has 5 nitrogen and oxygen atoms in total. The highest BCUT2D eigenvalue weighted by molar-refractivity contribution is 6.30. The SMILES string of the molecule is COc1ccc(NC(=O)CCc2cccc(F)c2)cc1NC(=O)c1ccc(Cl)cc1F. The number of hydrogen-bond acceptors (Lipinski definition) is 3. The van der Waals surface area contributed by atoms with Crippen LogP contribution < -0.4 is 15.4 Å². The summed E-state index contributed by atoms with van der Waals surface area (Å²) in [6, 6.07) is 14.5. The number of carbonyl (C=O) groups excluding carboxylic acids is 2. The number of hydrogen-bond donors (Lipinski definition) is 2. The summed E-state index contributed by atoms with van der Waals surface area (Å²) in [4.78, 5) is 24.7. The summed E-state index contributed by atoms with van der Waals surface area (Å²) in [7, 11) is 1.42. The Morgan fingerprint density at radius 3 is 2.52 bits per heavy atom. The predicted molar refractivity (Wildman–Crippen MR) is 116 cm³/mol. The lowest BCUT2D eigenvalue weighted by Crippen LogP contribution is -2.16. The molecule has 8 heteroatoms. The lowest BCUT2D eigenvalue weighted by molar-refractivity contribution is -0.116. The average Bonchev–Trinajstić information content (AvgIpc) is 2.72. The van der Waals surface area contributed by atoms with Gasteiger partial charge in [0.15, 0.2) is 0 Å². The van der Waals surface area contributed by atoms with Gasteiger partial charge in [-0.2, -0.15) is 0 Å². The Kier molecular flexibility index (Phi) is 7.20. The normalized spacial score (nSPS) is 10.5. The summed E-state index contributed by atoms with van der Waals surface area (Å²) in [6.45, 7) is 0. The number of amides is 2. The van der Waals surface area contributed by atoms with Crippen LogP contribution >= 0.6 is 11.6 Å². The van der Waals surface area contributed by atoms with E-state index in [9.17, 15) is 18.4 Å². The van der Waals surface area contributed by atoms with Crippen LogP contribution in [-0.4, -0.2) is 18.9 Å². The molecule has 0 aliphatic heterocycles. The molecule has 0 radical (unpaired) electrons. The fraction of sp³-hybridized carbons (Fsp3) is 0.130. The Hall–Kier alpha value is -3.45. The van der Waals surface area contributed by atoms with Crippen LogP contribution in [0.25, 0.3) is 0 Å². The fourth-order valence-corrected chi connectivity index (χ4v) is 3.08. The highest BCUT2D eigenvalue weighted by Crippen LogP contribution is 2.29. The molecular weight excluding hydrogens is 426 g/mol. The summed E-state index contributed by atoms with van der Waals surface area (Å²) in [5.41, 5.74) is 1.19. The maximum atomic E-state index is 14.0. The smallest absolute Gasteiger partial charge is 0.258 e. The van der Waals surface area contributed by atoms with Crippen LogP contribution in [0.3, 0.4) is 0 Å². The minimum Gasteiger partial charge on any atom is -0.495 e. The number of rotatable bonds is 7. The maximum absolute atomic E-state index is 14.0. The number of methoxy groups -OCH3 is 1. The predicted octanol–water partition coefficient (Wildman–Crippen LogP) is 5.45. The van der Waals surface area contributed by atoms with E-state index in [1.54, 1.807) is 24.3 Å². The van der Waals surface area contributed by atoms with Crippen LogP contribution in [0.15, 0.2) is 60.7 Å². The minimum atomic E-state index is -0.759. The molecule has 31 heavy (non-hydrogen) atoms. The third kappa shape index (κ3) is 6.02. The number of aryl methyl sites for hydroxylation is 1. The molecule has 3 aromatic carbocycles. The molecule has 3 rings (SSSR count). The largest absolute Gasteiger partial charge is 0.495 e. The second-order valence-electron chi connectivity index (χ2n) is 6.67. The van der Waals surface area contributed by atoms with Crippen LogP contribution in [0.1, 0.15) is 22.3 Å². The Bertz CT molecular complexity index is 1120. The van der Waals surface area contributed by atoms with Crippen molar-refractivity contribution in [2.24, 2.45) is 0 Å². The first-order chi connectivity index (χ1) is 14.9. The molecule has 0 fully saturated rings. The van der Waals surface area contributed by atoms with Crippen molar-refractivity contribution in [1.82, 2.24) is 0 Å². The first-order valence-corrected chi connectivity index (χ1v) is 9.72. The van der Waals surface area contributed by atoms with Gasteiger partial charge in [0, 0.05) is 17.1 Å². The average molecular weight is 445 g/mol. The van der Waals surface area contributed by atoms with Gasteiger partial charge in [-0.25, -0.2) is 8.78 Å². The molecule has 0 unspecified atom stereocenters. The quantitative estimate of drug-likeness (QED) is 0.509. The van der Waals surface area contributed by atoms with Gasteiger partial charge in [0.2, 0.25) is 5.91 Å². The molecule has 3 aromatic rings. The van der Waals surface area contributed by atoms with E-state index in [2.05, 4.69) is 10.6 Å². The zero-order chi connectivity index (χ0) is 22.4. The number of carbonyl (C=O) groups is 2. The number of benzene rings is 3. The van der Waals surface area contributed by atoms with Gasteiger partial charge in [0.25, 0.3) is 5.91 Å². The van der Waals surface area contributed by atoms with Gasteiger partial charge in [0.1, 0.15) is 17.4 Å². The lowest BCUT2D eigenvalue weighted by atomic mass is 10.1. The molecule has 2 N–H and O–H groups in total. The molecule has 0 aromatic heterocycles. The molecular formula is C23H19ClF2N2O3. The fourth-order valence-electron chi connectivity index (χ4n) is 2.92. The van der Waals surface area contributed by atoms with E-state index in [4.69, 9.17) is 16.3 Å². The molecule has 0 heterocycles. The molecule has 0 saturated heterocycles. The van der Waals surface area contributed by atoms with E-state index < -0.39 is 11.7 Å². The molecule has 0 aliphatic carbocycles. The standard InChI is InChI=1S/C23H19ClF2N2O3/c1-31-21-9-7-17(27-22(29)10-5-14-3-2-4-16(25)11-14)13-20(21)28-23(30)18-8-6-15(24)12-19(18)26/h2-4,6-9,11-13H,5,10H2,1H3,(H,27,29)(H,28,30). The number of nitrogens with one attached hydrogen (secondary N) is 2. The highest BCUT2D eigenvalue weighted by atomic mass is 35.5. The van der Waals surface area contributed by atoms with Crippen molar-refractivity contribution in [2.75, 3.05) is 17.7 Å². The number of ether oxygens (including phenoxy) is 1. The van der Waals surface area contributed by atoms with Crippen LogP contribution in [0.5, 0.6) is 5.75 Å². The van der Waals surface area contributed by atoms with Gasteiger partial charge in [-0.1, -0.05) is 23.7 Å². The Balaban J connectivity index is 1.69. The number of anilines is 2. The summed E-state index contributed by atoms with van der Waals surface area (Å²) in [5, 5.41) is 5.47. The zero-order valence-corrected chi connectivity index (χ0v) is 17.3. The highest BCUT2D eigenvalue weighted by Gasteiger charge is 2.15. The van der Waals surface area contributed by atoms with Gasteiger partial charge in [-0.3, -0.25) is 9.59 Å². The Morgan fingerprint density at radius 1 is 1.00 bits per heavy atom. The van der Waals surface area contributed by atoms with Crippen molar-refractivity contribution in [2.45, 2.75) is 12.8 Å². The molecule has 0 aliphatic rings. The maximum Gasteiger partial charge on any atom is 0.258 e. The van der Waals surface area contributed by atoms with E-state index in [-0.39, 0.29) is 34.4 Å². The van der Waals surface area contributed by atoms with E-state index in [1.165, 1.54) is 37.4 Å². The molecule has 2 amide bonds. The minimum absolute atomic E-state index is 0.146. The van der Waals surface area contributed by atoms with Gasteiger partial charge in [-0.05, 0) is 60.5 Å². The Labute approximate surface area is 183 Å². The van der Waals surface area contributed by atoms with E-state index >= 15 is 0 Å². The third-order valence-corrected chi connectivity index (χ3v) is 4.67. The monoisotopic (exact) mass is 444 g/mol. The molecule has 0 bridgehead atoms. The van der Waals surface area contributed by atoms with Crippen LogP contribution in [0.2, 0.25) is 5.02 Å². The van der Waals surface area contributed by atoms with Gasteiger partial charge in [-0.15, -0.1) is 0 Å². The van der Waals surface area contributed by atoms with Crippen LogP contribution in [0.4, 0.5) is 20.2 Å². The first-order valence-electron chi connectivity index (χ1n) is 9.34. The second-order valence-corrected chi connectivity index (χ2v) is 7.11. The van der Waals surface area contributed by atoms with Gasteiger partial charge < -0.3 is 15.4 Å². The van der Waals surface area contributed by atoms with E-state index in [0.717, 1.165) is 6.07 Å². The van der Waals surface area contributed by atoms with Crippen molar-refractivity contribution in [3.05, 3.63) is 88.4 Å². The summed E-state index contributed by atoms with van der Waals surface area (Å²) < 4.78 is 32.5. The summed E-state index contributed by atoms with van der Waals surface area (Å²) >= 11 is 5.72. The molecule has 0 saturated carbocycles. The van der Waals surface area contributed by atoms with Gasteiger partial charge in [0.05, 0.1) is 18.4 Å². The first kappa shape index (κ1) is 22.2. The summed E-state index contributed by atoms with van der Waals surface area (Å²) in [6.07, 6.45) is 0.520. The second kappa shape index (κ2) is 10.0.